The van der Waals surface area contributed by atoms with Crippen molar-refractivity contribution < 1.29 is 4.74 Å². The lowest BCUT2D eigenvalue weighted by Crippen LogP contribution is -2.12. The lowest BCUT2D eigenvalue weighted by molar-refractivity contribution is 0.234. The van der Waals surface area contributed by atoms with E-state index in [1.807, 2.05) is 50.0 Å². The molecule has 0 saturated heterocycles. The zero-order valence-electron chi connectivity index (χ0n) is 11.6. The molecule has 0 saturated carbocycles. The van der Waals surface area contributed by atoms with Gasteiger partial charge in [0.2, 0.25) is 5.88 Å². The molecular weight excluding hydrogens is 240 g/mol. The summed E-state index contributed by atoms with van der Waals surface area (Å²) in [7, 11) is 2.00. The normalized spacial score (nSPS) is 10.7. The Morgan fingerprint density at radius 1 is 1.32 bits per heavy atom. The minimum Gasteiger partial charge on any atom is -0.473 e. The van der Waals surface area contributed by atoms with Crippen molar-refractivity contribution >= 4 is 5.69 Å². The second-order valence-electron chi connectivity index (χ2n) is 4.65. The number of nitrogens with one attached hydrogen (secondary N) is 1. The van der Waals surface area contributed by atoms with Gasteiger partial charge in [0.1, 0.15) is 5.82 Å². The Labute approximate surface area is 113 Å². The van der Waals surface area contributed by atoms with Gasteiger partial charge in [-0.3, -0.25) is 0 Å². The summed E-state index contributed by atoms with van der Waals surface area (Å²) in [6, 6.07) is 3.87. The molecule has 0 fully saturated rings. The molecular formula is C14H20N4O. The molecule has 0 spiro atoms. The van der Waals surface area contributed by atoms with Gasteiger partial charge < -0.3 is 14.6 Å². The van der Waals surface area contributed by atoms with Gasteiger partial charge in [0.25, 0.3) is 0 Å². The van der Waals surface area contributed by atoms with Gasteiger partial charge >= 0.3 is 0 Å². The first-order valence-electron chi connectivity index (χ1n) is 6.48. The molecule has 1 N–H and O–H groups in total. The molecule has 2 rings (SSSR count). The van der Waals surface area contributed by atoms with Gasteiger partial charge in [-0.15, -0.1) is 0 Å². The van der Waals surface area contributed by atoms with Gasteiger partial charge in [-0.05, 0) is 26.0 Å². The van der Waals surface area contributed by atoms with Crippen molar-refractivity contribution in [2.24, 2.45) is 7.05 Å². The highest BCUT2D eigenvalue weighted by Crippen LogP contribution is 2.21. The van der Waals surface area contributed by atoms with Crippen LogP contribution in [0.1, 0.15) is 19.7 Å². The molecule has 0 aliphatic heterocycles. The van der Waals surface area contributed by atoms with E-state index in [0.29, 0.717) is 5.88 Å². The van der Waals surface area contributed by atoms with Gasteiger partial charge in [0.15, 0.2) is 0 Å². The van der Waals surface area contributed by atoms with Crippen molar-refractivity contribution in [2.45, 2.75) is 26.4 Å². The molecule has 102 valence electrons. The Morgan fingerprint density at radius 3 is 2.84 bits per heavy atom. The number of aromatic nitrogens is 3. The highest BCUT2D eigenvalue weighted by Gasteiger charge is 2.06. The molecule has 0 radical (unpaired) electrons. The third-order valence-corrected chi connectivity index (χ3v) is 2.70. The maximum atomic E-state index is 5.66. The van der Waals surface area contributed by atoms with Gasteiger partial charge in [-0.25, -0.2) is 9.97 Å². The first-order chi connectivity index (χ1) is 9.16. The SMILES string of the molecule is CC(C)Oc1ncccc1NCCc1nccn1C. The fraction of sp³-hybridized carbons (Fsp3) is 0.429. The lowest BCUT2D eigenvalue weighted by atomic mass is 10.3. The van der Waals surface area contributed by atoms with Crippen molar-refractivity contribution in [1.29, 1.82) is 0 Å². The van der Waals surface area contributed by atoms with E-state index in [4.69, 9.17) is 4.74 Å². The molecule has 0 unspecified atom stereocenters. The molecule has 2 aromatic rings. The van der Waals surface area contributed by atoms with E-state index >= 15 is 0 Å². The summed E-state index contributed by atoms with van der Waals surface area (Å²) in [6.45, 7) is 4.78. The largest absolute Gasteiger partial charge is 0.473 e. The quantitative estimate of drug-likeness (QED) is 0.865. The first kappa shape index (κ1) is 13.4. The topological polar surface area (TPSA) is 52.0 Å². The summed E-state index contributed by atoms with van der Waals surface area (Å²) >= 11 is 0. The average molecular weight is 260 g/mol. The summed E-state index contributed by atoms with van der Waals surface area (Å²) in [4.78, 5) is 8.54. The molecule has 0 amide bonds. The average Bonchev–Trinajstić information content (AvgIpc) is 2.77. The molecule has 0 aliphatic rings. The Kier molecular flexibility index (Phi) is 4.39. The van der Waals surface area contributed by atoms with Crippen LogP contribution >= 0.6 is 0 Å². The van der Waals surface area contributed by atoms with E-state index in [9.17, 15) is 0 Å². The van der Waals surface area contributed by atoms with E-state index in [0.717, 1.165) is 24.5 Å². The van der Waals surface area contributed by atoms with Crippen LogP contribution in [0.3, 0.4) is 0 Å². The van der Waals surface area contributed by atoms with Crippen LogP contribution in [0, 0.1) is 0 Å². The highest BCUT2D eigenvalue weighted by atomic mass is 16.5. The van der Waals surface area contributed by atoms with Crippen LogP contribution in [0.15, 0.2) is 30.7 Å². The second-order valence-corrected chi connectivity index (χ2v) is 4.65. The van der Waals surface area contributed by atoms with Gasteiger partial charge in [0.05, 0.1) is 11.8 Å². The Balaban J connectivity index is 1.94. The number of ether oxygens (including phenoxy) is 1. The summed E-state index contributed by atoms with van der Waals surface area (Å²) in [5, 5.41) is 3.34. The van der Waals surface area contributed by atoms with Crippen LogP contribution in [-0.2, 0) is 13.5 Å². The predicted octanol–water partition coefficient (Wildman–Crippen LogP) is 2.26. The van der Waals surface area contributed by atoms with Crippen LogP contribution < -0.4 is 10.1 Å². The zero-order valence-corrected chi connectivity index (χ0v) is 11.6. The lowest BCUT2D eigenvalue weighted by Gasteiger charge is -2.14. The predicted molar refractivity (Wildman–Crippen MR) is 75.4 cm³/mol. The smallest absolute Gasteiger partial charge is 0.237 e. The van der Waals surface area contributed by atoms with Gasteiger partial charge in [0, 0.05) is 38.6 Å². The molecule has 0 aliphatic carbocycles. The van der Waals surface area contributed by atoms with Crippen molar-refractivity contribution in [3.8, 4) is 5.88 Å². The minimum atomic E-state index is 0.116. The van der Waals surface area contributed by atoms with E-state index < -0.39 is 0 Å². The Bertz CT molecular complexity index is 522. The molecule has 2 aromatic heterocycles. The number of rotatable bonds is 6. The number of imidazole rings is 1. The standard InChI is InChI=1S/C14H20N4O/c1-11(2)19-14-12(5-4-7-17-14)15-8-6-13-16-9-10-18(13)3/h4-5,7,9-11,15H,6,8H2,1-3H3. The van der Waals surface area contributed by atoms with Crippen molar-refractivity contribution in [1.82, 2.24) is 14.5 Å². The second kappa shape index (κ2) is 6.22. The third-order valence-electron chi connectivity index (χ3n) is 2.70. The summed E-state index contributed by atoms with van der Waals surface area (Å²) in [6.07, 6.45) is 6.48. The molecule has 0 atom stereocenters. The summed E-state index contributed by atoms with van der Waals surface area (Å²) in [5.74, 6) is 1.71. The number of nitrogens with zero attached hydrogens (tertiary/aromatic N) is 3. The first-order valence-corrected chi connectivity index (χ1v) is 6.48. The van der Waals surface area contributed by atoms with Crippen molar-refractivity contribution in [2.75, 3.05) is 11.9 Å². The Morgan fingerprint density at radius 2 is 2.16 bits per heavy atom. The number of hydrogen-bond acceptors (Lipinski definition) is 4. The maximum absolute atomic E-state index is 5.66. The number of hydrogen-bond donors (Lipinski definition) is 1. The monoisotopic (exact) mass is 260 g/mol. The van der Waals surface area contributed by atoms with Crippen molar-refractivity contribution in [3.05, 3.63) is 36.5 Å². The number of anilines is 1. The van der Waals surface area contributed by atoms with Crippen LogP contribution in [0.4, 0.5) is 5.69 Å². The van der Waals surface area contributed by atoms with Gasteiger partial charge in [-0.1, -0.05) is 0 Å². The van der Waals surface area contributed by atoms with Crippen LogP contribution in [0.2, 0.25) is 0 Å². The number of aryl methyl sites for hydroxylation is 1. The summed E-state index contributed by atoms with van der Waals surface area (Å²) in [5.41, 5.74) is 0.922. The molecule has 2 heterocycles. The van der Waals surface area contributed by atoms with Gasteiger partial charge in [-0.2, -0.15) is 0 Å². The van der Waals surface area contributed by atoms with Crippen molar-refractivity contribution in [3.63, 3.8) is 0 Å². The minimum absolute atomic E-state index is 0.116. The highest BCUT2D eigenvalue weighted by molar-refractivity contribution is 5.52. The zero-order chi connectivity index (χ0) is 13.7. The van der Waals surface area contributed by atoms with E-state index in [1.165, 1.54) is 0 Å². The number of pyridine rings is 1. The molecule has 19 heavy (non-hydrogen) atoms. The van der Waals surface area contributed by atoms with E-state index in [1.54, 1.807) is 6.20 Å². The molecule has 0 aromatic carbocycles. The fourth-order valence-electron chi connectivity index (χ4n) is 1.79. The molecule has 0 bridgehead atoms. The van der Waals surface area contributed by atoms with E-state index in [-0.39, 0.29) is 6.10 Å². The molecule has 5 heteroatoms. The fourth-order valence-corrected chi connectivity index (χ4v) is 1.79. The third kappa shape index (κ3) is 3.71. The maximum Gasteiger partial charge on any atom is 0.237 e. The van der Waals surface area contributed by atoms with E-state index in [2.05, 4.69) is 15.3 Å². The van der Waals surface area contributed by atoms with Crippen LogP contribution in [-0.4, -0.2) is 27.2 Å². The van der Waals surface area contributed by atoms with Crippen LogP contribution in [0.5, 0.6) is 5.88 Å². The molecule has 5 nitrogen and oxygen atoms in total. The summed E-state index contributed by atoms with van der Waals surface area (Å²) < 4.78 is 7.69. The van der Waals surface area contributed by atoms with Crippen LogP contribution in [0.25, 0.3) is 0 Å². The Hall–Kier alpha value is -2.04.